The third-order valence-electron chi connectivity index (χ3n) is 5.20. The largest absolute Gasteiger partial charge is 1.00 e. The minimum atomic E-state index is -1.05. The molecule has 2 rings (SSSR count). The third-order valence-corrected chi connectivity index (χ3v) is 5.84. The first-order valence-electron chi connectivity index (χ1n) is 10.9. The van der Waals surface area contributed by atoms with Crippen molar-refractivity contribution in [2.24, 2.45) is 0 Å². The summed E-state index contributed by atoms with van der Waals surface area (Å²) in [5.41, 5.74) is 3.74. The van der Waals surface area contributed by atoms with Gasteiger partial charge in [0.2, 0.25) is 5.91 Å². The van der Waals surface area contributed by atoms with Gasteiger partial charge >= 0.3 is 24.8 Å². The number of aliphatic carboxylic acids is 1. The van der Waals surface area contributed by atoms with Crippen LogP contribution in [-0.2, 0) is 16.0 Å². The summed E-state index contributed by atoms with van der Waals surface area (Å²) in [6.45, 7) is 4.67. The molecule has 174 valence electrons. The summed E-state index contributed by atoms with van der Waals surface area (Å²) >= 11 is 1.53. The molecule has 8 heteroatoms. The van der Waals surface area contributed by atoms with E-state index in [0.717, 1.165) is 29.5 Å². The van der Waals surface area contributed by atoms with Crippen LogP contribution in [0.4, 0.5) is 0 Å². The third kappa shape index (κ3) is 8.92. The van der Waals surface area contributed by atoms with Gasteiger partial charge in [0, 0.05) is 12.1 Å². The molecular weight excluding hydrogens is 431 g/mol. The molecule has 0 bridgehead atoms. The number of unbranched alkanes of at least 4 members (excludes halogenated alkanes) is 1. The molecule has 0 aliphatic heterocycles. The molecule has 2 amide bonds. The number of carbonyl (C=O) groups is 3. The van der Waals surface area contributed by atoms with Crippen LogP contribution in [0.2, 0.25) is 0 Å². The van der Waals surface area contributed by atoms with Crippen LogP contribution in [0.15, 0.2) is 42.5 Å². The molecule has 0 heterocycles. The summed E-state index contributed by atoms with van der Waals surface area (Å²) in [4.78, 5) is 37.0. The first-order chi connectivity index (χ1) is 15.4. The van der Waals surface area contributed by atoms with Gasteiger partial charge in [-0.15, -0.1) is 0 Å². The predicted molar refractivity (Wildman–Crippen MR) is 131 cm³/mol. The first kappa shape index (κ1) is 28.8. The Morgan fingerprint density at radius 1 is 1.12 bits per heavy atom. The predicted octanol–water partition coefficient (Wildman–Crippen LogP) is 1.17. The molecular formula is C25H33LiN2O4S. The monoisotopic (exact) mass is 464 g/mol. The van der Waals surface area contributed by atoms with Crippen molar-refractivity contribution in [2.75, 3.05) is 18.6 Å². The van der Waals surface area contributed by atoms with E-state index in [1.807, 2.05) is 43.5 Å². The Morgan fingerprint density at radius 3 is 2.48 bits per heavy atom. The number of rotatable bonds is 12. The van der Waals surface area contributed by atoms with Gasteiger partial charge in [-0.3, -0.25) is 9.59 Å². The Bertz CT molecular complexity index is 958. The molecule has 2 aromatic rings. The minimum absolute atomic E-state index is 0. The average Bonchev–Trinajstić information content (AvgIpc) is 2.76. The maximum Gasteiger partial charge on any atom is 1.00 e. The molecule has 6 nitrogen and oxygen atoms in total. The van der Waals surface area contributed by atoms with Crippen molar-refractivity contribution < 1.29 is 39.8 Å². The zero-order chi connectivity index (χ0) is 23.5. The number of benzene rings is 2. The SMILES string of the molecule is CCCCNC(=O)Cc1ccc(C(=O)N[C@@H](CCSC)C(=O)O)c(-c2ccccc2C)c1.[H-].[Li+]. The standard InChI is InChI=1S/C25H32N2O4S.Li.H/c1-4-5-13-26-23(28)16-18-10-11-20(21(15-18)19-9-7-6-8-17(19)2)24(29)27-22(25(30)31)12-14-32-3;;/h6-11,15,22H,4-5,12-14,16H2,1-3H3,(H,26,28)(H,27,29)(H,30,31);;/q;+1;-1/t22-;;/m0../s1. The molecule has 0 saturated carbocycles. The molecule has 1 atom stereocenters. The van der Waals surface area contributed by atoms with Crippen LogP contribution < -0.4 is 29.5 Å². The van der Waals surface area contributed by atoms with Gasteiger partial charge in [-0.05, 0) is 66.2 Å². The number of nitrogens with one attached hydrogen (secondary N) is 2. The van der Waals surface area contributed by atoms with Crippen LogP contribution in [0.5, 0.6) is 0 Å². The average molecular weight is 465 g/mol. The van der Waals surface area contributed by atoms with Gasteiger partial charge in [-0.2, -0.15) is 11.8 Å². The Hall–Kier alpha value is -2.20. The van der Waals surface area contributed by atoms with Crippen molar-refractivity contribution in [3.63, 3.8) is 0 Å². The molecule has 3 N–H and O–H groups in total. The summed E-state index contributed by atoms with van der Waals surface area (Å²) < 4.78 is 0. The second-order valence-electron chi connectivity index (χ2n) is 7.72. The Morgan fingerprint density at radius 2 is 1.85 bits per heavy atom. The molecule has 0 saturated heterocycles. The Kier molecular flexibility index (Phi) is 13.0. The number of thioether (sulfide) groups is 1. The summed E-state index contributed by atoms with van der Waals surface area (Å²) in [5, 5.41) is 15.1. The summed E-state index contributed by atoms with van der Waals surface area (Å²) in [5.74, 6) is -0.913. The summed E-state index contributed by atoms with van der Waals surface area (Å²) in [7, 11) is 0. The van der Waals surface area contributed by atoms with Gasteiger partial charge in [0.05, 0.1) is 6.42 Å². The van der Waals surface area contributed by atoms with Gasteiger partial charge in [-0.1, -0.05) is 43.7 Å². The van der Waals surface area contributed by atoms with Gasteiger partial charge in [0.25, 0.3) is 5.91 Å². The number of amides is 2. The molecule has 2 aromatic carbocycles. The number of hydrogen-bond donors (Lipinski definition) is 3. The number of carboxylic acid groups (broad SMARTS) is 1. The zero-order valence-electron chi connectivity index (χ0n) is 20.9. The van der Waals surface area contributed by atoms with E-state index in [1.54, 1.807) is 12.1 Å². The van der Waals surface area contributed by atoms with E-state index in [-0.39, 0.29) is 32.6 Å². The van der Waals surface area contributed by atoms with E-state index in [4.69, 9.17) is 0 Å². The fourth-order valence-corrected chi connectivity index (χ4v) is 3.85. The number of aryl methyl sites for hydroxylation is 1. The van der Waals surface area contributed by atoms with Crippen molar-refractivity contribution in [3.8, 4) is 11.1 Å². The van der Waals surface area contributed by atoms with E-state index < -0.39 is 17.9 Å². The fourth-order valence-electron chi connectivity index (χ4n) is 3.38. The number of carbonyl (C=O) groups excluding carboxylic acids is 2. The first-order valence-corrected chi connectivity index (χ1v) is 12.2. The molecule has 0 radical (unpaired) electrons. The van der Waals surface area contributed by atoms with Crippen LogP contribution in [-0.4, -0.2) is 47.5 Å². The maximum atomic E-state index is 13.1. The second kappa shape index (κ2) is 14.8. The Labute approximate surface area is 214 Å². The fraction of sp³-hybridized carbons (Fsp3) is 0.400. The zero-order valence-corrected chi connectivity index (χ0v) is 20.8. The van der Waals surface area contributed by atoms with E-state index in [2.05, 4.69) is 17.6 Å². The molecule has 0 spiro atoms. The van der Waals surface area contributed by atoms with E-state index in [0.29, 0.717) is 29.8 Å². The number of carboxylic acids is 1. The van der Waals surface area contributed by atoms with Crippen molar-refractivity contribution in [3.05, 3.63) is 59.2 Å². The molecule has 0 aliphatic rings. The number of hydrogen-bond acceptors (Lipinski definition) is 4. The van der Waals surface area contributed by atoms with Crippen molar-refractivity contribution >= 4 is 29.5 Å². The van der Waals surface area contributed by atoms with Gasteiger partial charge in [-0.25, -0.2) is 4.79 Å². The molecule has 0 unspecified atom stereocenters. The van der Waals surface area contributed by atoms with Crippen LogP contribution in [0.25, 0.3) is 11.1 Å². The van der Waals surface area contributed by atoms with Gasteiger partial charge < -0.3 is 17.2 Å². The summed E-state index contributed by atoms with van der Waals surface area (Å²) in [6, 6.07) is 12.0. The Balaban J connectivity index is 0.00000544. The minimum Gasteiger partial charge on any atom is -1.00 e. The maximum absolute atomic E-state index is 13.1. The normalized spacial score (nSPS) is 11.2. The van der Waals surface area contributed by atoms with Crippen molar-refractivity contribution in [2.45, 2.75) is 45.6 Å². The van der Waals surface area contributed by atoms with Crippen LogP contribution >= 0.6 is 11.8 Å². The quantitative estimate of drug-likeness (QED) is 0.324. The topological polar surface area (TPSA) is 95.5 Å². The molecule has 33 heavy (non-hydrogen) atoms. The molecule has 0 fully saturated rings. The van der Waals surface area contributed by atoms with Crippen molar-refractivity contribution in [1.82, 2.24) is 10.6 Å². The smallest absolute Gasteiger partial charge is 1.00 e. The molecule has 0 aliphatic carbocycles. The van der Waals surface area contributed by atoms with E-state index in [9.17, 15) is 19.5 Å². The van der Waals surface area contributed by atoms with Crippen LogP contribution in [0.1, 0.15) is 49.1 Å². The van der Waals surface area contributed by atoms with Crippen LogP contribution in [0.3, 0.4) is 0 Å². The van der Waals surface area contributed by atoms with Crippen LogP contribution in [0, 0.1) is 6.92 Å². The molecule has 0 aromatic heterocycles. The second-order valence-corrected chi connectivity index (χ2v) is 8.71. The van der Waals surface area contributed by atoms with E-state index in [1.165, 1.54) is 11.8 Å². The van der Waals surface area contributed by atoms with Crippen molar-refractivity contribution in [1.29, 1.82) is 0 Å². The van der Waals surface area contributed by atoms with Gasteiger partial charge in [0.15, 0.2) is 0 Å². The van der Waals surface area contributed by atoms with Gasteiger partial charge in [0.1, 0.15) is 6.04 Å². The summed E-state index contributed by atoms with van der Waals surface area (Å²) in [6.07, 6.45) is 4.40. The van der Waals surface area contributed by atoms with E-state index >= 15 is 0 Å².